The molecule has 2 aromatic carbocycles. The van der Waals surface area contributed by atoms with Crippen LogP contribution in [0, 0.1) is 6.92 Å². The van der Waals surface area contributed by atoms with Crippen molar-refractivity contribution in [3.8, 4) is 0 Å². The Morgan fingerprint density at radius 3 is 2.50 bits per heavy atom. The zero-order chi connectivity index (χ0) is 20.7. The average Bonchev–Trinajstić information content (AvgIpc) is 2.67. The van der Waals surface area contributed by atoms with Gasteiger partial charge in [-0.15, -0.1) is 11.8 Å². The van der Waals surface area contributed by atoms with E-state index in [1.807, 2.05) is 31.2 Å². The van der Waals surface area contributed by atoms with Crippen molar-refractivity contribution in [1.82, 2.24) is 10.2 Å². The van der Waals surface area contributed by atoms with Crippen LogP contribution in [0.4, 0.5) is 0 Å². The fourth-order valence-corrected chi connectivity index (χ4v) is 3.95. The normalized spacial score (nSPS) is 11.8. The lowest BCUT2D eigenvalue weighted by Crippen LogP contribution is -2.47. The lowest BCUT2D eigenvalue weighted by molar-refractivity contribution is -0.138. The van der Waals surface area contributed by atoms with E-state index in [1.165, 1.54) is 22.9 Å². The molecule has 0 saturated carbocycles. The van der Waals surface area contributed by atoms with E-state index in [2.05, 4.69) is 11.4 Å². The maximum atomic E-state index is 12.9. The summed E-state index contributed by atoms with van der Waals surface area (Å²) in [5.74, 6) is 0.718. The van der Waals surface area contributed by atoms with Crippen LogP contribution < -0.4 is 5.32 Å². The Morgan fingerprint density at radius 2 is 1.86 bits per heavy atom. The molecule has 2 amide bonds. The summed E-state index contributed by atoms with van der Waals surface area (Å²) in [6.07, 6.45) is 0. The average molecular weight is 439 g/mol. The molecule has 7 heteroatoms. The fraction of sp³-hybridized carbons (Fsp3) is 0.333. The Kier molecular flexibility index (Phi) is 8.67. The number of hydrogen-bond acceptors (Lipinski definition) is 3. The number of likely N-dealkylation sites (N-methyl/N-ethyl adjacent to an activating group) is 1. The van der Waals surface area contributed by atoms with Crippen LogP contribution in [0.2, 0.25) is 10.0 Å². The first kappa shape index (κ1) is 22.6. The summed E-state index contributed by atoms with van der Waals surface area (Å²) in [5.41, 5.74) is 3.19. The number of nitrogens with one attached hydrogen (secondary N) is 1. The van der Waals surface area contributed by atoms with Gasteiger partial charge in [-0.1, -0.05) is 59.1 Å². The second-order valence-electron chi connectivity index (χ2n) is 6.54. The van der Waals surface area contributed by atoms with Gasteiger partial charge < -0.3 is 10.2 Å². The number of hydrogen-bond donors (Lipinski definition) is 1. The molecule has 28 heavy (non-hydrogen) atoms. The van der Waals surface area contributed by atoms with Gasteiger partial charge >= 0.3 is 0 Å². The first-order valence-electron chi connectivity index (χ1n) is 8.90. The van der Waals surface area contributed by atoms with Crippen molar-refractivity contribution in [2.75, 3.05) is 12.8 Å². The molecule has 1 atom stereocenters. The van der Waals surface area contributed by atoms with Gasteiger partial charge in [0.1, 0.15) is 6.04 Å². The molecule has 0 bridgehead atoms. The molecule has 0 spiro atoms. The number of carbonyl (C=O) groups excluding carboxylic acids is 2. The van der Waals surface area contributed by atoms with Gasteiger partial charge in [0.15, 0.2) is 0 Å². The minimum atomic E-state index is -0.591. The first-order valence-corrected chi connectivity index (χ1v) is 10.8. The maximum Gasteiger partial charge on any atom is 0.242 e. The van der Waals surface area contributed by atoms with E-state index in [-0.39, 0.29) is 24.1 Å². The molecule has 1 unspecified atom stereocenters. The minimum Gasteiger partial charge on any atom is -0.357 e. The quantitative estimate of drug-likeness (QED) is 0.649. The molecular weight excluding hydrogens is 415 g/mol. The van der Waals surface area contributed by atoms with E-state index in [0.717, 1.165) is 11.3 Å². The van der Waals surface area contributed by atoms with E-state index in [9.17, 15) is 9.59 Å². The van der Waals surface area contributed by atoms with Crippen molar-refractivity contribution < 1.29 is 9.59 Å². The zero-order valence-corrected chi connectivity index (χ0v) is 18.5. The molecule has 1 N–H and O–H groups in total. The first-order chi connectivity index (χ1) is 13.3. The maximum absolute atomic E-state index is 12.9. The molecule has 0 aliphatic carbocycles. The van der Waals surface area contributed by atoms with Crippen LogP contribution in [0.3, 0.4) is 0 Å². The molecule has 0 saturated heterocycles. The molecule has 2 aromatic rings. The minimum absolute atomic E-state index is 0.0974. The number of aryl methyl sites for hydroxylation is 1. The summed E-state index contributed by atoms with van der Waals surface area (Å²) in [6.45, 7) is 4.05. The number of rotatable bonds is 8. The van der Waals surface area contributed by atoms with Crippen molar-refractivity contribution in [2.24, 2.45) is 0 Å². The molecule has 2 rings (SSSR count). The van der Waals surface area contributed by atoms with Gasteiger partial charge in [-0.2, -0.15) is 0 Å². The summed E-state index contributed by atoms with van der Waals surface area (Å²) < 4.78 is 0. The van der Waals surface area contributed by atoms with Crippen LogP contribution >= 0.6 is 35.0 Å². The zero-order valence-electron chi connectivity index (χ0n) is 16.2. The molecule has 0 aliphatic heterocycles. The number of amides is 2. The molecular formula is C21H24Cl2N2O2S. The number of nitrogens with zero attached hydrogens (tertiary/aromatic N) is 1. The molecule has 0 aliphatic rings. The van der Waals surface area contributed by atoms with Gasteiger partial charge in [0.25, 0.3) is 0 Å². The monoisotopic (exact) mass is 438 g/mol. The van der Waals surface area contributed by atoms with E-state index >= 15 is 0 Å². The third-order valence-corrected chi connectivity index (χ3v) is 6.05. The second kappa shape index (κ2) is 10.7. The van der Waals surface area contributed by atoms with Gasteiger partial charge in [0, 0.05) is 19.3 Å². The third-order valence-electron chi connectivity index (χ3n) is 4.33. The summed E-state index contributed by atoms with van der Waals surface area (Å²) in [5, 5.41) is 3.49. The summed E-state index contributed by atoms with van der Waals surface area (Å²) in [4.78, 5) is 26.6. The summed E-state index contributed by atoms with van der Waals surface area (Å²) in [7, 11) is 1.56. The molecule has 0 aromatic heterocycles. The molecule has 0 heterocycles. The molecule has 150 valence electrons. The summed E-state index contributed by atoms with van der Waals surface area (Å²) in [6, 6.07) is 12.8. The SMILES string of the molecule is CNC(=O)C(C)N(Cc1ccc(Cl)c(Cl)c1)C(=O)CSCc1cccc(C)c1. The van der Waals surface area contributed by atoms with Gasteiger partial charge in [-0.3, -0.25) is 9.59 Å². The van der Waals surface area contributed by atoms with Gasteiger partial charge in [0.2, 0.25) is 11.8 Å². The predicted molar refractivity (Wildman–Crippen MR) is 118 cm³/mol. The molecule has 0 radical (unpaired) electrons. The Hall–Kier alpha value is -1.69. The van der Waals surface area contributed by atoms with Crippen molar-refractivity contribution in [3.63, 3.8) is 0 Å². The largest absolute Gasteiger partial charge is 0.357 e. The Balaban J connectivity index is 2.07. The Bertz CT molecular complexity index is 845. The highest BCUT2D eigenvalue weighted by molar-refractivity contribution is 7.99. The van der Waals surface area contributed by atoms with Crippen molar-refractivity contribution >= 4 is 46.8 Å². The van der Waals surface area contributed by atoms with Gasteiger partial charge in [-0.05, 0) is 37.1 Å². The number of carbonyl (C=O) groups is 2. The fourth-order valence-electron chi connectivity index (χ4n) is 2.77. The van der Waals surface area contributed by atoms with Crippen LogP contribution in [0.25, 0.3) is 0 Å². The van der Waals surface area contributed by atoms with Crippen LogP contribution in [-0.2, 0) is 21.9 Å². The van der Waals surface area contributed by atoms with Gasteiger partial charge in [0.05, 0.1) is 15.8 Å². The van der Waals surface area contributed by atoms with E-state index in [0.29, 0.717) is 10.0 Å². The van der Waals surface area contributed by atoms with E-state index in [1.54, 1.807) is 31.0 Å². The Morgan fingerprint density at radius 1 is 1.11 bits per heavy atom. The van der Waals surface area contributed by atoms with E-state index < -0.39 is 6.04 Å². The van der Waals surface area contributed by atoms with Crippen LogP contribution in [0.5, 0.6) is 0 Å². The number of halogens is 2. The van der Waals surface area contributed by atoms with Crippen LogP contribution in [0.15, 0.2) is 42.5 Å². The van der Waals surface area contributed by atoms with Crippen LogP contribution in [0.1, 0.15) is 23.6 Å². The number of benzene rings is 2. The van der Waals surface area contributed by atoms with Gasteiger partial charge in [-0.25, -0.2) is 0 Å². The van der Waals surface area contributed by atoms with E-state index in [4.69, 9.17) is 23.2 Å². The lowest BCUT2D eigenvalue weighted by atomic mass is 10.1. The Labute approximate surface area is 180 Å². The smallest absolute Gasteiger partial charge is 0.242 e. The van der Waals surface area contributed by atoms with Crippen molar-refractivity contribution in [1.29, 1.82) is 0 Å². The highest BCUT2D eigenvalue weighted by Gasteiger charge is 2.25. The summed E-state index contributed by atoms with van der Waals surface area (Å²) >= 11 is 13.6. The molecule has 0 fully saturated rings. The molecule has 4 nitrogen and oxygen atoms in total. The van der Waals surface area contributed by atoms with Crippen molar-refractivity contribution in [3.05, 3.63) is 69.2 Å². The standard InChI is InChI=1S/C21H24Cl2N2O2S/c1-14-5-4-6-17(9-14)12-28-13-20(26)25(15(2)21(27)24-3)11-16-7-8-18(22)19(23)10-16/h4-10,15H,11-13H2,1-3H3,(H,24,27). The predicted octanol–water partition coefficient (Wildman–Crippen LogP) is 4.70. The second-order valence-corrected chi connectivity index (χ2v) is 8.34. The van der Waals surface area contributed by atoms with Crippen molar-refractivity contribution in [2.45, 2.75) is 32.2 Å². The lowest BCUT2D eigenvalue weighted by Gasteiger charge is -2.28. The topological polar surface area (TPSA) is 49.4 Å². The number of thioether (sulfide) groups is 1. The third kappa shape index (κ3) is 6.43. The highest BCUT2D eigenvalue weighted by Crippen LogP contribution is 2.24. The van der Waals surface area contributed by atoms with Crippen LogP contribution in [-0.4, -0.2) is 35.6 Å². The highest BCUT2D eigenvalue weighted by atomic mass is 35.5.